The van der Waals surface area contributed by atoms with Gasteiger partial charge in [0, 0.05) is 12.6 Å². The van der Waals surface area contributed by atoms with Crippen molar-refractivity contribution in [2.24, 2.45) is 0 Å². The highest BCUT2D eigenvalue weighted by Gasteiger charge is 2.32. The molecule has 2 heterocycles. The fourth-order valence-corrected chi connectivity index (χ4v) is 3.40. The Morgan fingerprint density at radius 1 is 1.41 bits per heavy atom. The molecule has 1 amide bonds. The van der Waals surface area contributed by atoms with E-state index in [4.69, 9.17) is 4.74 Å². The van der Waals surface area contributed by atoms with Crippen LogP contribution >= 0.6 is 0 Å². The number of carbonyl (C=O) groups excluding carboxylic acids is 1. The largest absolute Gasteiger partial charge is 0.494 e. The molecule has 1 fully saturated rings. The first-order chi connectivity index (χ1) is 12.9. The van der Waals surface area contributed by atoms with Crippen molar-refractivity contribution >= 4 is 5.91 Å². The molecule has 1 aliphatic heterocycles. The number of hydrogen-bond acceptors (Lipinski definition) is 4. The number of aromatic amines is 1. The summed E-state index contributed by atoms with van der Waals surface area (Å²) in [4.78, 5) is 33.9. The van der Waals surface area contributed by atoms with Gasteiger partial charge in [-0.25, -0.2) is 9.37 Å². The van der Waals surface area contributed by atoms with Gasteiger partial charge in [-0.2, -0.15) is 0 Å². The summed E-state index contributed by atoms with van der Waals surface area (Å²) in [6, 6.07) is 5.76. The van der Waals surface area contributed by atoms with Gasteiger partial charge in [-0.1, -0.05) is 19.9 Å². The van der Waals surface area contributed by atoms with Crippen molar-refractivity contribution in [3.05, 3.63) is 57.5 Å². The first kappa shape index (κ1) is 19.1. The third-order valence-corrected chi connectivity index (χ3v) is 4.83. The zero-order valence-electron chi connectivity index (χ0n) is 15.8. The maximum absolute atomic E-state index is 13.9. The first-order valence-corrected chi connectivity index (χ1v) is 9.12. The van der Waals surface area contributed by atoms with E-state index in [-0.39, 0.29) is 35.6 Å². The molecule has 6 nitrogen and oxygen atoms in total. The Morgan fingerprint density at radius 2 is 2.19 bits per heavy atom. The Kier molecular flexibility index (Phi) is 5.58. The van der Waals surface area contributed by atoms with Crippen LogP contribution in [0.5, 0.6) is 5.75 Å². The lowest BCUT2D eigenvalue weighted by atomic mass is 10.1. The fraction of sp³-hybridized carbons (Fsp3) is 0.450. The second-order valence-electron chi connectivity index (χ2n) is 7.10. The highest BCUT2D eigenvalue weighted by molar-refractivity contribution is 5.79. The van der Waals surface area contributed by atoms with Gasteiger partial charge in [-0.05, 0) is 36.5 Å². The van der Waals surface area contributed by atoms with Gasteiger partial charge in [-0.3, -0.25) is 9.59 Å². The van der Waals surface area contributed by atoms with E-state index in [0.717, 1.165) is 12.8 Å². The first-order valence-electron chi connectivity index (χ1n) is 9.12. The van der Waals surface area contributed by atoms with Crippen LogP contribution in [0.4, 0.5) is 4.39 Å². The normalized spacial score (nSPS) is 16.8. The van der Waals surface area contributed by atoms with Gasteiger partial charge in [0.2, 0.25) is 5.91 Å². The molecule has 0 aliphatic carbocycles. The summed E-state index contributed by atoms with van der Waals surface area (Å²) in [6.07, 6.45) is 1.67. The van der Waals surface area contributed by atoms with Gasteiger partial charge in [0.05, 0.1) is 25.3 Å². The van der Waals surface area contributed by atoms with E-state index < -0.39 is 5.82 Å². The molecule has 0 spiro atoms. The van der Waals surface area contributed by atoms with Gasteiger partial charge in [0.15, 0.2) is 11.6 Å². The third-order valence-electron chi connectivity index (χ3n) is 4.83. The number of rotatable bonds is 5. The summed E-state index contributed by atoms with van der Waals surface area (Å²) in [5.41, 5.74) is 1.09. The van der Waals surface area contributed by atoms with Crippen molar-refractivity contribution in [1.82, 2.24) is 14.9 Å². The second kappa shape index (κ2) is 7.90. The fourth-order valence-electron chi connectivity index (χ4n) is 3.40. The lowest BCUT2D eigenvalue weighted by molar-refractivity contribution is -0.131. The topological polar surface area (TPSA) is 75.3 Å². The number of amides is 1. The highest BCUT2D eigenvalue weighted by atomic mass is 19.1. The van der Waals surface area contributed by atoms with E-state index in [1.807, 2.05) is 13.8 Å². The average Bonchev–Trinajstić information content (AvgIpc) is 3.11. The maximum Gasteiger partial charge on any atom is 0.251 e. The Balaban J connectivity index is 1.81. The van der Waals surface area contributed by atoms with Crippen molar-refractivity contribution < 1.29 is 13.9 Å². The summed E-state index contributed by atoms with van der Waals surface area (Å²) in [7, 11) is 1.40. The van der Waals surface area contributed by atoms with E-state index in [9.17, 15) is 14.0 Å². The number of nitrogens with zero attached hydrogens (tertiary/aromatic N) is 2. The van der Waals surface area contributed by atoms with E-state index in [1.54, 1.807) is 11.0 Å². The van der Waals surface area contributed by atoms with Crippen LogP contribution in [0.3, 0.4) is 0 Å². The van der Waals surface area contributed by atoms with Crippen molar-refractivity contribution in [3.8, 4) is 5.75 Å². The number of hydrogen-bond donors (Lipinski definition) is 1. The van der Waals surface area contributed by atoms with Crippen molar-refractivity contribution in [1.29, 1.82) is 0 Å². The Morgan fingerprint density at radius 3 is 2.85 bits per heavy atom. The van der Waals surface area contributed by atoms with E-state index in [1.165, 1.54) is 25.3 Å². The van der Waals surface area contributed by atoms with Gasteiger partial charge in [0.1, 0.15) is 5.82 Å². The molecule has 1 aromatic carbocycles. The molecule has 2 aromatic rings. The number of likely N-dealkylation sites (tertiary alicyclic amines) is 1. The van der Waals surface area contributed by atoms with Crippen molar-refractivity contribution in [3.63, 3.8) is 0 Å². The Hall–Kier alpha value is -2.70. The molecule has 1 N–H and O–H groups in total. The molecule has 3 rings (SSSR count). The van der Waals surface area contributed by atoms with Crippen LogP contribution in [0.15, 0.2) is 29.1 Å². The Bertz CT molecular complexity index is 894. The van der Waals surface area contributed by atoms with E-state index in [2.05, 4.69) is 9.97 Å². The molecule has 1 saturated heterocycles. The minimum atomic E-state index is -0.489. The summed E-state index contributed by atoms with van der Waals surface area (Å²) < 4.78 is 18.8. The molecule has 0 unspecified atom stereocenters. The summed E-state index contributed by atoms with van der Waals surface area (Å²) in [6.45, 7) is 4.54. The number of H-pyrrole nitrogens is 1. The lowest BCUT2D eigenvalue weighted by Gasteiger charge is -2.24. The molecule has 7 heteroatoms. The van der Waals surface area contributed by atoms with Crippen LogP contribution in [0.1, 0.15) is 55.7 Å². The van der Waals surface area contributed by atoms with Gasteiger partial charge >= 0.3 is 0 Å². The van der Waals surface area contributed by atoms with E-state index >= 15 is 0 Å². The minimum absolute atomic E-state index is 0.0888. The smallest absolute Gasteiger partial charge is 0.251 e. The molecule has 1 aliphatic rings. The van der Waals surface area contributed by atoms with Crippen LogP contribution in [0.25, 0.3) is 0 Å². The van der Waals surface area contributed by atoms with Crippen LogP contribution in [0, 0.1) is 5.82 Å². The third kappa shape index (κ3) is 4.18. The quantitative estimate of drug-likeness (QED) is 0.874. The predicted octanol–water partition coefficient (Wildman–Crippen LogP) is 2.95. The van der Waals surface area contributed by atoms with Gasteiger partial charge in [-0.15, -0.1) is 0 Å². The molecule has 0 radical (unpaired) electrons. The second-order valence-corrected chi connectivity index (χ2v) is 7.10. The van der Waals surface area contributed by atoms with Crippen LogP contribution in [0.2, 0.25) is 0 Å². The van der Waals surface area contributed by atoms with E-state index in [0.29, 0.717) is 23.6 Å². The molecule has 1 aromatic heterocycles. The number of methoxy groups -OCH3 is 1. The average molecular weight is 373 g/mol. The monoisotopic (exact) mass is 373 g/mol. The molecule has 0 bridgehead atoms. The number of carbonyl (C=O) groups is 1. The molecular formula is C20H24FN3O3. The van der Waals surface area contributed by atoms with Gasteiger partial charge < -0.3 is 14.6 Å². The molecule has 27 heavy (non-hydrogen) atoms. The number of nitrogens with one attached hydrogen (secondary N) is 1. The summed E-state index contributed by atoms with van der Waals surface area (Å²) in [5, 5.41) is 0. The number of aromatic nitrogens is 2. The Labute approximate surface area is 157 Å². The SMILES string of the molecule is COc1ccc(CC(=O)N2CCC[C@H]2c2nc(C(C)C)cc(=O)[nH]2)cc1F. The van der Waals surface area contributed by atoms with Crippen LogP contribution in [-0.4, -0.2) is 34.4 Å². The minimum Gasteiger partial charge on any atom is -0.494 e. The van der Waals surface area contributed by atoms with Crippen molar-refractivity contribution in [2.75, 3.05) is 13.7 Å². The molecule has 0 saturated carbocycles. The lowest BCUT2D eigenvalue weighted by Crippen LogP contribution is -2.33. The maximum atomic E-state index is 13.9. The van der Waals surface area contributed by atoms with Crippen molar-refractivity contribution in [2.45, 2.75) is 45.1 Å². The standard InChI is InChI=1S/C20H24FN3O3/c1-12(2)15-11-18(25)23-20(22-15)16-5-4-8-24(16)19(26)10-13-6-7-17(27-3)14(21)9-13/h6-7,9,11-12,16H,4-5,8,10H2,1-3H3,(H,22,23,25)/t16-/m0/s1. The zero-order chi connectivity index (χ0) is 19.6. The number of ether oxygens (including phenoxy) is 1. The van der Waals surface area contributed by atoms with Crippen LogP contribution < -0.4 is 10.3 Å². The van der Waals surface area contributed by atoms with Gasteiger partial charge in [0.25, 0.3) is 5.56 Å². The highest BCUT2D eigenvalue weighted by Crippen LogP contribution is 2.30. The number of halogens is 1. The summed E-state index contributed by atoms with van der Waals surface area (Å²) >= 11 is 0. The number of benzene rings is 1. The van der Waals surface area contributed by atoms with Crippen LogP contribution in [-0.2, 0) is 11.2 Å². The molecule has 1 atom stereocenters. The predicted molar refractivity (Wildman–Crippen MR) is 99.3 cm³/mol. The molecule has 144 valence electrons. The zero-order valence-corrected chi connectivity index (χ0v) is 15.8. The molecular weight excluding hydrogens is 349 g/mol. The summed E-state index contributed by atoms with van der Waals surface area (Å²) in [5.74, 6) is 0.199.